The highest BCUT2D eigenvalue weighted by Gasteiger charge is 2.42. The molecule has 1 saturated carbocycles. The summed E-state index contributed by atoms with van der Waals surface area (Å²) >= 11 is 0. The van der Waals surface area contributed by atoms with Gasteiger partial charge in [-0.25, -0.2) is 0 Å². The first kappa shape index (κ1) is 16.0. The number of nitrogens with zero attached hydrogens (tertiary/aromatic N) is 1. The highest BCUT2D eigenvalue weighted by molar-refractivity contribution is 5.51. The van der Waals surface area contributed by atoms with Gasteiger partial charge in [-0.15, -0.1) is 0 Å². The van der Waals surface area contributed by atoms with Gasteiger partial charge in [-0.2, -0.15) is 0 Å². The van der Waals surface area contributed by atoms with Crippen LogP contribution in [0.1, 0.15) is 24.8 Å². The largest absolute Gasteiger partial charge is 0.496 e. The van der Waals surface area contributed by atoms with Gasteiger partial charge in [0.15, 0.2) is 11.5 Å². The summed E-state index contributed by atoms with van der Waals surface area (Å²) in [5.74, 6) is 3.87. The third kappa shape index (κ3) is 2.95. The second-order valence-electron chi connectivity index (χ2n) is 7.15. The van der Waals surface area contributed by atoms with E-state index in [0.717, 1.165) is 43.3 Å². The Morgan fingerprint density at radius 2 is 1.71 bits per heavy atom. The van der Waals surface area contributed by atoms with Crippen molar-refractivity contribution in [3.8, 4) is 17.2 Å². The first-order valence-corrected chi connectivity index (χ1v) is 9.00. The van der Waals surface area contributed by atoms with Crippen molar-refractivity contribution >= 4 is 0 Å². The Morgan fingerprint density at radius 1 is 1.04 bits per heavy atom. The molecule has 0 amide bonds. The molecule has 1 aromatic rings. The summed E-state index contributed by atoms with van der Waals surface area (Å²) in [5.41, 5.74) is 1.18. The first-order valence-electron chi connectivity index (χ1n) is 9.00. The van der Waals surface area contributed by atoms with E-state index in [9.17, 15) is 0 Å². The van der Waals surface area contributed by atoms with Crippen molar-refractivity contribution in [2.75, 3.05) is 40.5 Å². The maximum absolute atomic E-state index is 5.85. The Hall–Kier alpha value is -1.46. The zero-order valence-corrected chi connectivity index (χ0v) is 14.6. The van der Waals surface area contributed by atoms with E-state index in [1.807, 2.05) is 13.2 Å². The minimum Gasteiger partial charge on any atom is -0.496 e. The van der Waals surface area contributed by atoms with Gasteiger partial charge in [0.2, 0.25) is 0 Å². The van der Waals surface area contributed by atoms with E-state index in [4.69, 9.17) is 18.9 Å². The second kappa shape index (κ2) is 6.81. The molecule has 0 radical (unpaired) electrons. The van der Waals surface area contributed by atoms with Crippen LogP contribution < -0.4 is 14.2 Å². The van der Waals surface area contributed by atoms with Crippen molar-refractivity contribution in [1.82, 2.24) is 4.90 Å². The lowest BCUT2D eigenvalue weighted by Crippen LogP contribution is -2.45. The lowest BCUT2D eigenvalue weighted by molar-refractivity contribution is -0.0181. The molecular formula is C19H27NO4. The molecular weight excluding hydrogens is 306 g/mol. The first-order chi connectivity index (χ1) is 11.8. The van der Waals surface area contributed by atoms with Gasteiger partial charge >= 0.3 is 0 Å². The van der Waals surface area contributed by atoms with E-state index in [1.165, 1.54) is 18.4 Å². The van der Waals surface area contributed by atoms with Gasteiger partial charge in [-0.3, -0.25) is 4.90 Å². The van der Waals surface area contributed by atoms with Gasteiger partial charge in [-0.05, 0) is 30.7 Å². The van der Waals surface area contributed by atoms with Crippen molar-refractivity contribution < 1.29 is 18.9 Å². The Morgan fingerprint density at radius 3 is 2.33 bits per heavy atom. The number of rotatable bonds is 4. The fraction of sp³-hybridized carbons (Fsp3) is 0.684. The molecule has 132 valence electrons. The SMILES string of the molecule is COc1cc2c(cc1CN1C[C@H]3CC[C@@H](C1)C3OC)OCCCO2. The van der Waals surface area contributed by atoms with Gasteiger partial charge in [-0.1, -0.05) is 0 Å². The molecule has 0 N–H and O–H groups in total. The topological polar surface area (TPSA) is 40.2 Å². The summed E-state index contributed by atoms with van der Waals surface area (Å²) in [6.45, 7) is 4.51. The zero-order chi connectivity index (χ0) is 16.5. The van der Waals surface area contributed by atoms with Crippen LogP contribution in [-0.4, -0.2) is 51.5 Å². The summed E-state index contributed by atoms with van der Waals surface area (Å²) in [5, 5.41) is 0. The van der Waals surface area contributed by atoms with Crippen LogP contribution in [0.25, 0.3) is 0 Å². The number of piperidine rings is 1. The van der Waals surface area contributed by atoms with Crippen LogP contribution in [0.3, 0.4) is 0 Å². The van der Waals surface area contributed by atoms with Crippen molar-refractivity contribution in [2.24, 2.45) is 11.8 Å². The standard InChI is InChI=1S/C19H27NO4/c1-21-16-9-18-17(23-6-3-7-24-18)8-15(16)12-20-10-13-4-5-14(11-20)19(13)22-2/h8-9,13-14,19H,3-7,10-12H2,1-2H3/t13-,14+,19?. The van der Waals surface area contributed by atoms with Crippen molar-refractivity contribution in [3.05, 3.63) is 17.7 Å². The molecule has 1 aliphatic carbocycles. The van der Waals surface area contributed by atoms with E-state index >= 15 is 0 Å². The Balaban J connectivity index is 1.53. The van der Waals surface area contributed by atoms with Crippen molar-refractivity contribution in [1.29, 1.82) is 0 Å². The third-order valence-electron chi connectivity index (χ3n) is 5.64. The molecule has 4 rings (SSSR count). The quantitative estimate of drug-likeness (QED) is 0.847. The fourth-order valence-corrected chi connectivity index (χ4v) is 4.57. The molecule has 3 aliphatic rings. The number of ether oxygens (including phenoxy) is 4. The van der Waals surface area contributed by atoms with E-state index < -0.39 is 0 Å². The predicted molar refractivity (Wildman–Crippen MR) is 90.9 cm³/mol. The van der Waals surface area contributed by atoms with Crippen LogP contribution >= 0.6 is 0 Å². The third-order valence-corrected chi connectivity index (χ3v) is 5.64. The number of benzene rings is 1. The van der Waals surface area contributed by atoms with E-state index in [-0.39, 0.29) is 0 Å². The number of hydrogen-bond acceptors (Lipinski definition) is 5. The molecule has 1 saturated heterocycles. The molecule has 5 heteroatoms. The minimum atomic E-state index is 0.451. The van der Waals surface area contributed by atoms with Gasteiger partial charge in [0.05, 0.1) is 26.4 Å². The van der Waals surface area contributed by atoms with Crippen LogP contribution in [0.4, 0.5) is 0 Å². The lowest BCUT2D eigenvalue weighted by atomic mass is 9.94. The number of fused-ring (bicyclic) bond motifs is 3. The van der Waals surface area contributed by atoms with Gasteiger partial charge < -0.3 is 18.9 Å². The maximum atomic E-state index is 5.85. The molecule has 3 atom stereocenters. The molecule has 2 fully saturated rings. The molecule has 2 bridgehead atoms. The number of hydrogen-bond donors (Lipinski definition) is 0. The Labute approximate surface area is 143 Å². The second-order valence-corrected chi connectivity index (χ2v) is 7.15. The average molecular weight is 333 g/mol. The van der Waals surface area contributed by atoms with Crippen molar-refractivity contribution in [3.63, 3.8) is 0 Å². The normalized spacial score (nSPS) is 29.3. The average Bonchev–Trinajstić information content (AvgIpc) is 2.77. The Kier molecular flexibility index (Phi) is 4.55. The molecule has 2 heterocycles. The van der Waals surface area contributed by atoms with Crippen LogP contribution in [0.2, 0.25) is 0 Å². The lowest BCUT2D eigenvalue weighted by Gasteiger charge is -2.37. The highest BCUT2D eigenvalue weighted by Crippen LogP contribution is 2.41. The van der Waals surface area contributed by atoms with E-state index in [1.54, 1.807) is 7.11 Å². The fourth-order valence-electron chi connectivity index (χ4n) is 4.57. The predicted octanol–water partition coefficient (Wildman–Crippen LogP) is 2.71. The number of likely N-dealkylation sites (tertiary alicyclic amines) is 1. The summed E-state index contributed by atoms with van der Waals surface area (Å²) < 4.78 is 23.0. The Bertz CT molecular complexity index is 577. The van der Waals surface area contributed by atoms with E-state index in [2.05, 4.69) is 11.0 Å². The van der Waals surface area contributed by atoms with Gasteiger partial charge in [0.1, 0.15) is 5.75 Å². The van der Waals surface area contributed by atoms with Crippen molar-refractivity contribution in [2.45, 2.75) is 31.9 Å². The van der Waals surface area contributed by atoms with Crippen LogP contribution in [-0.2, 0) is 11.3 Å². The molecule has 2 aliphatic heterocycles. The van der Waals surface area contributed by atoms with Gasteiger partial charge in [0.25, 0.3) is 0 Å². The number of methoxy groups -OCH3 is 2. The van der Waals surface area contributed by atoms with Gasteiger partial charge in [0, 0.05) is 44.8 Å². The summed E-state index contributed by atoms with van der Waals surface area (Å²) in [4.78, 5) is 2.54. The maximum Gasteiger partial charge on any atom is 0.164 e. The van der Waals surface area contributed by atoms with Crippen LogP contribution in [0.15, 0.2) is 12.1 Å². The summed E-state index contributed by atoms with van der Waals surface area (Å²) in [6.07, 6.45) is 3.95. The van der Waals surface area contributed by atoms with Crippen LogP contribution in [0, 0.1) is 11.8 Å². The zero-order valence-electron chi connectivity index (χ0n) is 14.6. The molecule has 0 aromatic heterocycles. The highest BCUT2D eigenvalue weighted by atomic mass is 16.5. The molecule has 0 spiro atoms. The molecule has 5 nitrogen and oxygen atoms in total. The van der Waals surface area contributed by atoms with E-state index in [0.29, 0.717) is 31.2 Å². The summed E-state index contributed by atoms with van der Waals surface area (Å²) in [7, 11) is 3.59. The molecule has 1 aromatic carbocycles. The monoisotopic (exact) mass is 333 g/mol. The molecule has 1 unspecified atom stereocenters. The summed E-state index contributed by atoms with van der Waals surface area (Å²) in [6, 6.07) is 4.08. The van der Waals surface area contributed by atoms with Crippen LogP contribution in [0.5, 0.6) is 17.2 Å². The minimum absolute atomic E-state index is 0.451. The molecule has 24 heavy (non-hydrogen) atoms. The smallest absolute Gasteiger partial charge is 0.164 e.